The van der Waals surface area contributed by atoms with Crippen LogP contribution in [0.15, 0.2) is 0 Å². The molecule has 4 heteroatoms. The Hall–Kier alpha value is -0.610. The second-order valence-electron chi connectivity index (χ2n) is 4.39. The van der Waals surface area contributed by atoms with Gasteiger partial charge in [-0.3, -0.25) is 0 Å². The molecule has 0 aromatic carbocycles. The molecule has 2 unspecified atom stereocenters. The van der Waals surface area contributed by atoms with Gasteiger partial charge in [-0.15, -0.1) is 0 Å². The zero-order valence-corrected chi connectivity index (χ0v) is 10.2. The molecular formula is C12H22O4. The highest BCUT2D eigenvalue weighted by Crippen LogP contribution is 2.36. The van der Waals surface area contributed by atoms with Crippen LogP contribution in [-0.2, 0) is 14.3 Å². The minimum Gasteiger partial charge on any atom is -0.479 e. The number of rotatable bonds is 6. The van der Waals surface area contributed by atoms with E-state index in [-0.39, 0.29) is 5.92 Å². The Balaban J connectivity index is 2.54. The maximum atomic E-state index is 11.4. The molecule has 0 aliphatic heterocycles. The van der Waals surface area contributed by atoms with E-state index in [1.165, 1.54) is 0 Å². The topological polar surface area (TPSA) is 55.8 Å². The molecule has 1 aliphatic rings. The normalized spacial score (nSPS) is 30.2. The molecular weight excluding hydrogens is 208 g/mol. The van der Waals surface area contributed by atoms with E-state index in [9.17, 15) is 9.90 Å². The molecule has 1 aliphatic carbocycles. The summed E-state index contributed by atoms with van der Waals surface area (Å²) >= 11 is 0. The zero-order chi connectivity index (χ0) is 12.0. The largest absolute Gasteiger partial charge is 0.479 e. The predicted molar refractivity (Wildman–Crippen MR) is 60.4 cm³/mol. The van der Waals surface area contributed by atoms with Crippen LogP contribution < -0.4 is 0 Å². The van der Waals surface area contributed by atoms with Gasteiger partial charge in [0, 0.05) is 6.61 Å². The highest BCUT2D eigenvalue weighted by atomic mass is 16.6. The summed E-state index contributed by atoms with van der Waals surface area (Å²) in [6, 6.07) is 0. The van der Waals surface area contributed by atoms with Crippen LogP contribution in [0.5, 0.6) is 0 Å². The lowest BCUT2D eigenvalue weighted by atomic mass is 9.76. The maximum Gasteiger partial charge on any atom is 0.336 e. The fourth-order valence-corrected chi connectivity index (χ4v) is 2.34. The van der Waals surface area contributed by atoms with Gasteiger partial charge < -0.3 is 14.6 Å². The summed E-state index contributed by atoms with van der Waals surface area (Å²) in [5.74, 6) is -0.739. The molecule has 0 aromatic heterocycles. The number of carboxylic acid groups (broad SMARTS) is 1. The molecule has 0 radical (unpaired) electrons. The van der Waals surface area contributed by atoms with Crippen molar-refractivity contribution in [2.45, 2.75) is 45.1 Å². The Morgan fingerprint density at radius 1 is 1.44 bits per heavy atom. The van der Waals surface area contributed by atoms with Crippen LogP contribution in [0.3, 0.4) is 0 Å². The van der Waals surface area contributed by atoms with Crippen LogP contribution in [-0.4, -0.2) is 36.5 Å². The summed E-state index contributed by atoms with van der Waals surface area (Å²) in [5.41, 5.74) is -0.977. The lowest BCUT2D eigenvalue weighted by Crippen LogP contribution is -2.49. The molecule has 0 aromatic rings. The number of carboxylic acids is 1. The quantitative estimate of drug-likeness (QED) is 0.710. The van der Waals surface area contributed by atoms with Crippen LogP contribution in [0, 0.1) is 5.92 Å². The number of ether oxygens (including phenoxy) is 2. The molecule has 1 N–H and O–H groups in total. The van der Waals surface area contributed by atoms with Crippen LogP contribution >= 0.6 is 0 Å². The van der Waals surface area contributed by atoms with E-state index in [4.69, 9.17) is 9.47 Å². The van der Waals surface area contributed by atoms with Crippen molar-refractivity contribution in [1.82, 2.24) is 0 Å². The first-order valence-electron chi connectivity index (χ1n) is 6.08. The van der Waals surface area contributed by atoms with Crippen molar-refractivity contribution in [3.05, 3.63) is 0 Å². The van der Waals surface area contributed by atoms with Crippen molar-refractivity contribution in [3.63, 3.8) is 0 Å². The smallest absolute Gasteiger partial charge is 0.336 e. The Labute approximate surface area is 96.9 Å². The Kier molecular flexibility index (Phi) is 5.22. The first-order chi connectivity index (χ1) is 7.63. The fraction of sp³-hybridized carbons (Fsp3) is 0.917. The van der Waals surface area contributed by atoms with Gasteiger partial charge in [-0.25, -0.2) is 4.79 Å². The SMILES string of the molecule is CCOCCOC1(C(=O)O)CCCCC1C. The monoisotopic (exact) mass is 230 g/mol. The third kappa shape index (κ3) is 2.95. The van der Waals surface area contributed by atoms with Crippen molar-refractivity contribution < 1.29 is 19.4 Å². The molecule has 16 heavy (non-hydrogen) atoms. The Morgan fingerprint density at radius 2 is 2.19 bits per heavy atom. The molecule has 4 nitrogen and oxygen atoms in total. The van der Waals surface area contributed by atoms with E-state index >= 15 is 0 Å². The van der Waals surface area contributed by atoms with Crippen LogP contribution in [0.2, 0.25) is 0 Å². The summed E-state index contributed by atoms with van der Waals surface area (Å²) in [7, 11) is 0. The van der Waals surface area contributed by atoms with Crippen LogP contribution in [0.1, 0.15) is 39.5 Å². The lowest BCUT2D eigenvalue weighted by Gasteiger charge is -2.38. The van der Waals surface area contributed by atoms with Gasteiger partial charge in [0.1, 0.15) is 0 Å². The van der Waals surface area contributed by atoms with Gasteiger partial charge in [-0.1, -0.05) is 13.3 Å². The average Bonchev–Trinajstić information content (AvgIpc) is 2.26. The van der Waals surface area contributed by atoms with E-state index in [0.29, 0.717) is 26.2 Å². The maximum absolute atomic E-state index is 11.4. The molecule has 0 bridgehead atoms. The van der Waals surface area contributed by atoms with Gasteiger partial charge in [-0.2, -0.15) is 0 Å². The molecule has 1 fully saturated rings. The van der Waals surface area contributed by atoms with Gasteiger partial charge >= 0.3 is 5.97 Å². The molecule has 0 spiro atoms. The van der Waals surface area contributed by atoms with Gasteiger partial charge in [0.15, 0.2) is 5.60 Å². The van der Waals surface area contributed by atoms with Crippen LogP contribution in [0.25, 0.3) is 0 Å². The number of carbonyl (C=O) groups is 1. The summed E-state index contributed by atoms with van der Waals surface area (Å²) in [5, 5.41) is 9.35. The average molecular weight is 230 g/mol. The molecule has 0 saturated heterocycles. The second-order valence-corrected chi connectivity index (χ2v) is 4.39. The van der Waals surface area contributed by atoms with Crippen molar-refractivity contribution in [1.29, 1.82) is 0 Å². The minimum absolute atomic E-state index is 0.0837. The van der Waals surface area contributed by atoms with E-state index in [1.807, 2.05) is 13.8 Å². The number of hydrogen-bond acceptors (Lipinski definition) is 3. The first-order valence-corrected chi connectivity index (χ1v) is 6.08. The first kappa shape index (κ1) is 13.5. The van der Waals surface area contributed by atoms with Gasteiger partial charge in [0.05, 0.1) is 13.2 Å². The van der Waals surface area contributed by atoms with Crippen molar-refractivity contribution in [3.8, 4) is 0 Å². The number of aliphatic carboxylic acids is 1. The molecule has 0 heterocycles. The molecule has 2 atom stereocenters. The highest BCUT2D eigenvalue weighted by molar-refractivity contribution is 5.78. The van der Waals surface area contributed by atoms with Crippen LogP contribution in [0.4, 0.5) is 0 Å². The van der Waals surface area contributed by atoms with E-state index in [2.05, 4.69) is 0 Å². The summed E-state index contributed by atoms with van der Waals surface area (Å²) in [6.07, 6.45) is 3.59. The van der Waals surface area contributed by atoms with E-state index in [1.54, 1.807) is 0 Å². The third-order valence-electron chi connectivity index (χ3n) is 3.38. The molecule has 0 amide bonds. The van der Waals surface area contributed by atoms with E-state index < -0.39 is 11.6 Å². The fourth-order valence-electron chi connectivity index (χ4n) is 2.34. The molecule has 1 rings (SSSR count). The zero-order valence-electron chi connectivity index (χ0n) is 10.2. The Morgan fingerprint density at radius 3 is 2.75 bits per heavy atom. The highest BCUT2D eigenvalue weighted by Gasteiger charge is 2.46. The second kappa shape index (κ2) is 6.21. The van der Waals surface area contributed by atoms with Gasteiger partial charge in [0.25, 0.3) is 0 Å². The molecule has 94 valence electrons. The van der Waals surface area contributed by atoms with Gasteiger partial charge in [-0.05, 0) is 32.1 Å². The number of hydrogen-bond donors (Lipinski definition) is 1. The van der Waals surface area contributed by atoms with Crippen molar-refractivity contribution in [2.24, 2.45) is 5.92 Å². The standard InChI is InChI=1S/C12H22O4/c1-3-15-8-9-16-12(11(13)14)7-5-4-6-10(12)2/h10H,3-9H2,1-2H3,(H,13,14). The minimum atomic E-state index is -0.977. The summed E-state index contributed by atoms with van der Waals surface area (Å²) < 4.78 is 10.8. The van der Waals surface area contributed by atoms with Crippen molar-refractivity contribution >= 4 is 5.97 Å². The molecule has 1 saturated carbocycles. The predicted octanol–water partition coefficient (Wildman–Crippen LogP) is 2.07. The third-order valence-corrected chi connectivity index (χ3v) is 3.38. The van der Waals surface area contributed by atoms with Crippen molar-refractivity contribution in [2.75, 3.05) is 19.8 Å². The van der Waals surface area contributed by atoms with Gasteiger partial charge in [0.2, 0.25) is 0 Å². The summed E-state index contributed by atoms with van der Waals surface area (Å²) in [4.78, 5) is 11.4. The van der Waals surface area contributed by atoms with E-state index in [0.717, 1.165) is 19.3 Å². The Bertz CT molecular complexity index is 229. The summed E-state index contributed by atoms with van der Waals surface area (Å²) in [6.45, 7) is 5.35. The lowest BCUT2D eigenvalue weighted by molar-refractivity contribution is -0.181.